The van der Waals surface area contributed by atoms with Crippen LogP contribution in [-0.4, -0.2) is 41.2 Å². The lowest BCUT2D eigenvalue weighted by Crippen LogP contribution is -2.25. The molecule has 0 atom stereocenters. The minimum absolute atomic E-state index is 0.0539. The van der Waals surface area contributed by atoms with E-state index in [1.54, 1.807) is 11.8 Å². The second-order valence-corrected chi connectivity index (χ2v) is 5.32. The molecule has 2 aromatic rings. The van der Waals surface area contributed by atoms with Gasteiger partial charge in [-0.3, -0.25) is 14.4 Å². The van der Waals surface area contributed by atoms with Crippen molar-refractivity contribution in [2.24, 2.45) is 7.05 Å². The second kappa shape index (κ2) is 6.54. The van der Waals surface area contributed by atoms with E-state index in [1.807, 2.05) is 56.5 Å². The van der Waals surface area contributed by atoms with Gasteiger partial charge in [0.05, 0.1) is 25.4 Å². The molecule has 0 saturated heterocycles. The van der Waals surface area contributed by atoms with Gasteiger partial charge in [0.2, 0.25) is 0 Å². The summed E-state index contributed by atoms with van der Waals surface area (Å²) in [5.41, 5.74) is 2.79. The van der Waals surface area contributed by atoms with Crippen molar-refractivity contribution in [2.75, 3.05) is 20.7 Å². The van der Waals surface area contributed by atoms with Crippen LogP contribution in [0.15, 0.2) is 30.6 Å². The zero-order valence-corrected chi connectivity index (χ0v) is 13.0. The van der Waals surface area contributed by atoms with Crippen molar-refractivity contribution in [3.8, 4) is 5.75 Å². The average molecular weight is 287 g/mol. The van der Waals surface area contributed by atoms with Crippen molar-refractivity contribution < 1.29 is 9.53 Å². The van der Waals surface area contributed by atoms with Crippen LogP contribution in [0.1, 0.15) is 21.5 Å². The Morgan fingerprint density at radius 3 is 2.81 bits per heavy atom. The van der Waals surface area contributed by atoms with E-state index in [1.165, 1.54) is 0 Å². The Morgan fingerprint density at radius 1 is 1.43 bits per heavy atom. The molecule has 0 N–H and O–H groups in total. The number of aryl methyl sites for hydroxylation is 2. The SMILES string of the molecule is COc1cc(C)ccc1C(=O)CN(C)Cc1cnn(C)c1. The van der Waals surface area contributed by atoms with E-state index >= 15 is 0 Å². The topological polar surface area (TPSA) is 47.4 Å². The molecule has 1 aromatic heterocycles. The zero-order valence-electron chi connectivity index (χ0n) is 13.0. The van der Waals surface area contributed by atoms with Crippen molar-refractivity contribution in [3.63, 3.8) is 0 Å². The minimum Gasteiger partial charge on any atom is -0.496 e. The summed E-state index contributed by atoms with van der Waals surface area (Å²) in [5, 5.41) is 4.13. The molecule has 1 heterocycles. The highest BCUT2D eigenvalue weighted by atomic mass is 16.5. The van der Waals surface area contributed by atoms with Gasteiger partial charge in [-0.15, -0.1) is 0 Å². The molecule has 5 heteroatoms. The molecule has 21 heavy (non-hydrogen) atoms. The second-order valence-electron chi connectivity index (χ2n) is 5.32. The Balaban J connectivity index is 2.03. The number of carbonyl (C=O) groups excluding carboxylic acids is 1. The van der Waals surface area contributed by atoms with E-state index in [2.05, 4.69) is 5.10 Å². The number of Topliss-reactive ketones (excluding diaryl/α,β-unsaturated/α-hetero) is 1. The molecule has 0 bridgehead atoms. The van der Waals surface area contributed by atoms with Gasteiger partial charge in [0, 0.05) is 25.4 Å². The normalized spacial score (nSPS) is 10.9. The van der Waals surface area contributed by atoms with E-state index in [0.717, 1.165) is 11.1 Å². The first-order valence-corrected chi connectivity index (χ1v) is 6.83. The van der Waals surface area contributed by atoms with E-state index < -0.39 is 0 Å². The third kappa shape index (κ3) is 3.92. The minimum atomic E-state index is 0.0539. The highest BCUT2D eigenvalue weighted by Crippen LogP contribution is 2.20. The number of ketones is 1. The zero-order chi connectivity index (χ0) is 15.4. The average Bonchev–Trinajstić information content (AvgIpc) is 2.83. The fourth-order valence-electron chi connectivity index (χ4n) is 2.28. The highest BCUT2D eigenvalue weighted by Gasteiger charge is 2.15. The lowest BCUT2D eigenvalue weighted by atomic mass is 10.1. The summed E-state index contributed by atoms with van der Waals surface area (Å²) in [7, 11) is 5.39. The monoisotopic (exact) mass is 287 g/mol. The van der Waals surface area contributed by atoms with Crippen LogP contribution in [0, 0.1) is 6.92 Å². The molecule has 112 valence electrons. The number of hydrogen-bond donors (Lipinski definition) is 0. The largest absolute Gasteiger partial charge is 0.496 e. The first-order valence-electron chi connectivity index (χ1n) is 6.83. The number of aromatic nitrogens is 2. The lowest BCUT2D eigenvalue weighted by Gasteiger charge is -2.16. The molecule has 0 saturated carbocycles. The molecule has 5 nitrogen and oxygen atoms in total. The summed E-state index contributed by atoms with van der Waals surface area (Å²) in [5.74, 6) is 0.688. The van der Waals surface area contributed by atoms with Gasteiger partial charge in [-0.1, -0.05) is 6.07 Å². The van der Waals surface area contributed by atoms with Crippen LogP contribution >= 0.6 is 0 Å². The quantitative estimate of drug-likeness (QED) is 0.763. The molecule has 0 amide bonds. The smallest absolute Gasteiger partial charge is 0.180 e. The van der Waals surface area contributed by atoms with Gasteiger partial charge in [-0.25, -0.2) is 0 Å². The Kier molecular flexibility index (Phi) is 4.75. The van der Waals surface area contributed by atoms with Crippen molar-refractivity contribution >= 4 is 5.78 Å². The maximum absolute atomic E-state index is 12.4. The predicted molar refractivity (Wildman–Crippen MR) is 81.6 cm³/mol. The number of benzene rings is 1. The fraction of sp³-hybridized carbons (Fsp3) is 0.375. The number of methoxy groups -OCH3 is 1. The summed E-state index contributed by atoms with van der Waals surface area (Å²) < 4.78 is 7.06. The fourth-order valence-corrected chi connectivity index (χ4v) is 2.28. The van der Waals surface area contributed by atoms with Crippen molar-refractivity contribution in [3.05, 3.63) is 47.3 Å². The molecule has 0 unspecified atom stereocenters. The van der Waals surface area contributed by atoms with Crippen LogP contribution in [-0.2, 0) is 13.6 Å². The number of likely N-dealkylation sites (N-methyl/N-ethyl adjacent to an activating group) is 1. The molecule has 0 aliphatic rings. The molecule has 2 rings (SSSR count). The van der Waals surface area contributed by atoms with Crippen molar-refractivity contribution in [1.29, 1.82) is 0 Å². The Labute approximate surface area is 125 Å². The van der Waals surface area contributed by atoms with Crippen LogP contribution in [0.5, 0.6) is 5.75 Å². The van der Waals surface area contributed by atoms with Gasteiger partial charge in [-0.05, 0) is 31.7 Å². The Bertz CT molecular complexity index is 634. The molecular formula is C16H21N3O2. The van der Waals surface area contributed by atoms with Gasteiger partial charge >= 0.3 is 0 Å². The van der Waals surface area contributed by atoms with Crippen molar-refractivity contribution in [1.82, 2.24) is 14.7 Å². The number of nitrogens with zero attached hydrogens (tertiary/aromatic N) is 3. The van der Waals surface area contributed by atoms with E-state index in [0.29, 0.717) is 24.4 Å². The molecule has 1 aromatic carbocycles. The summed E-state index contributed by atoms with van der Waals surface area (Å²) in [6, 6.07) is 5.64. The first-order chi connectivity index (χ1) is 9.99. The van der Waals surface area contributed by atoms with Crippen LogP contribution < -0.4 is 4.74 Å². The number of rotatable bonds is 6. The summed E-state index contributed by atoms with van der Waals surface area (Å²) >= 11 is 0. The molecule has 0 radical (unpaired) electrons. The van der Waals surface area contributed by atoms with Gasteiger partial charge < -0.3 is 4.74 Å². The van der Waals surface area contributed by atoms with E-state index in [9.17, 15) is 4.79 Å². The predicted octanol–water partition coefficient (Wildman–Crippen LogP) is 2.05. The van der Waals surface area contributed by atoms with Gasteiger partial charge in [0.15, 0.2) is 5.78 Å². The molecule has 0 aliphatic carbocycles. The van der Waals surface area contributed by atoms with Crippen molar-refractivity contribution in [2.45, 2.75) is 13.5 Å². The third-order valence-electron chi connectivity index (χ3n) is 3.28. The maximum Gasteiger partial charge on any atom is 0.180 e. The van der Waals surface area contributed by atoms with Crippen LogP contribution in [0.3, 0.4) is 0 Å². The molecule has 0 spiro atoms. The number of carbonyl (C=O) groups is 1. The molecule has 0 aliphatic heterocycles. The Morgan fingerprint density at radius 2 is 2.19 bits per heavy atom. The standard InChI is InChI=1S/C16H21N3O2/c1-12-5-6-14(16(7-12)21-4)15(20)11-18(2)9-13-8-17-19(3)10-13/h5-8,10H,9,11H2,1-4H3. The van der Waals surface area contributed by atoms with Gasteiger partial charge in [0.1, 0.15) is 5.75 Å². The van der Waals surface area contributed by atoms with Gasteiger partial charge in [-0.2, -0.15) is 5.10 Å². The summed E-state index contributed by atoms with van der Waals surface area (Å²) in [6.45, 7) is 3.01. The number of hydrogen-bond acceptors (Lipinski definition) is 4. The molecule has 0 fully saturated rings. The summed E-state index contributed by atoms with van der Waals surface area (Å²) in [4.78, 5) is 14.4. The van der Waals surface area contributed by atoms with Crippen LogP contribution in [0.2, 0.25) is 0 Å². The molecular weight excluding hydrogens is 266 g/mol. The first kappa shape index (κ1) is 15.3. The maximum atomic E-state index is 12.4. The summed E-state index contributed by atoms with van der Waals surface area (Å²) in [6.07, 6.45) is 3.76. The lowest BCUT2D eigenvalue weighted by molar-refractivity contribution is 0.0940. The third-order valence-corrected chi connectivity index (χ3v) is 3.28. The van der Waals surface area contributed by atoms with Crippen LogP contribution in [0.4, 0.5) is 0 Å². The van der Waals surface area contributed by atoms with E-state index in [-0.39, 0.29) is 5.78 Å². The highest BCUT2D eigenvalue weighted by molar-refractivity contribution is 6.00. The Hall–Kier alpha value is -2.14. The van der Waals surface area contributed by atoms with E-state index in [4.69, 9.17) is 4.74 Å². The van der Waals surface area contributed by atoms with Gasteiger partial charge in [0.25, 0.3) is 0 Å². The number of ether oxygens (including phenoxy) is 1. The van der Waals surface area contributed by atoms with Crippen LogP contribution in [0.25, 0.3) is 0 Å².